The van der Waals surface area contributed by atoms with Crippen LogP contribution in [0.5, 0.6) is 11.5 Å². The number of benzene rings is 3. The van der Waals surface area contributed by atoms with E-state index in [-0.39, 0.29) is 30.8 Å². The van der Waals surface area contributed by atoms with Crippen LogP contribution in [0.2, 0.25) is 0 Å². The minimum Gasteiger partial charge on any atom is -0.507 e. The lowest BCUT2D eigenvalue weighted by molar-refractivity contribution is -0.145. The van der Waals surface area contributed by atoms with E-state index in [2.05, 4.69) is 48.5 Å². The highest BCUT2D eigenvalue weighted by Crippen LogP contribution is 2.40. The van der Waals surface area contributed by atoms with Crippen LogP contribution in [0.25, 0.3) is 11.4 Å². The van der Waals surface area contributed by atoms with Crippen molar-refractivity contribution in [1.82, 2.24) is 15.0 Å². The number of esters is 1. The molecular weight excluding hydrogens is 502 g/mol. The third-order valence-electron chi connectivity index (χ3n) is 7.90. The second kappa shape index (κ2) is 11.5. The van der Waals surface area contributed by atoms with Gasteiger partial charge in [-0.3, -0.25) is 0 Å². The van der Waals surface area contributed by atoms with Crippen molar-refractivity contribution < 1.29 is 19.4 Å². The Hall–Kier alpha value is -4.26. The second-order valence-corrected chi connectivity index (χ2v) is 10.4. The van der Waals surface area contributed by atoms with E-state index in [4.69, 9.17) is 24.4 Å². The molecule has 3 aromatic carbocycles. The lowest BCUT2D eigenvalue weighted by Gasteiger charge is -2.27. The van der Waals surface area contributed by atoms with Crippen LogP contribution >= 0.6 is 0 Å². The van der Waals surface area contributed by atoms with Crippen LogP contribution in [0.15, 0.2) is 66.7 Å². The van der Waals surface area contributed by atoms with Crippen molar-refractivity contribution in [2.75, 3.05) is 13.2 Å². The smallest absolute Gasteiger partial charge is 0.344 e. The molecule has 0 radical (unpaired) electrons. The van der Waals surface area contributed by atoms with Crippen molar-refractivity contribution in [2.24, 2.45) is 0 Å². The summed E-state index contributed by atoms with van der Waals surface area (Å²) in [6.07, 6.45) is 6.19. The molecule has 7 nitrogen and oxygen atoms in total. The van der Waals surface area contributed by atoms with E-state index in [9.17, 15) is 9.90 Å². The number of carbonyl (C=O) groups is 1. The zero-order chi connectivity index (χ0) is 27.5. The summed E-state index contributed by atoms with van der Waals surface area (Å²) in [5.74, 6) is 1.97. The standard InChI is InChI=1S/C33H33N3O4/c1-2-39-30(38)20-40-23-17-18-28(29(37)19-23)33-35-31(26-15-7-11-21-9-3-5-13-24(21)26)34-32(36-33)27-16-8-12-22-10-4-6-14-25(22)27/h3-6,9-10,13-14,17-19,26-27,37H,2,7-8,11-12,15-16,20H2,1H3. The monoisotopic (exact) mass is 535 g/mol. The molecule has 0 saturated carbocycles. The maximum Gasteiger partial charge on any atom is 0.344 e. The quantitative estimate of drug-likeness (QED) is 0.285. The number of aromatic nitrogens is 3. The summed E-state index contributed by atoms with van der Waals surface area (Å²) in [5, 5.41) is 11.0. The van der Waals surface area contributed by atoms with Gasteiger partial charge in [-0.05, 0) is 79.8 Å². The number of phenolic OH excluding ortho intramolecular Hbond substituents is 1. The van der Waals surface area contributed by atoms with Crippen LogP contribution in [0.4, 0.5) is 0 Å². The van der Waals surface area contributed by atoms with Crippen molar-refractivity contribution in [3.63, 3.8) is 0 Å². The van der Waals surface area contributed by atoms with E-state index in [1.54, 1.807) is 19.1 Å². The van der Waals surface area contributed by atoms with Crippen molar-refractivity contribution in [3.05, 3.63) is 101 Å². The van der Waals surface area contributed by atoms with Crippen molar-refractivity contribution in [3.8, 4) is 22.9 Å². The maximum atomic E-state index is 11.7. The number of hydrogen-bond acceptors (Lipinski definition) is 7. The Morgan fingerprint density at radius 2 is 1.45 bits per heavy atom. The predicted octanol–water partition coefficient (Wildman–Crippen LogP) is 6.12. The molecular formula is C33H33N3O4. The Morgan fingerprint density at radius 1 is 0.850 bits per heavy atom. The van der Waals surface area contributed by atoms with Crippen LogP contribution in [-0.2, 0) is 22.4 Å². The number of carbonyl (C=O) groups excluding carboxylic acids is 1. The number of ether oxygens (including phenoxy) is 2. The Morgan fingerprint density at radius 3 is 2.02 bits per heavy atom. The Balaban J connectivity index is 1.42. The summed E-state index contributed by atoms with van der Waals surface area (Å²) >= 11 is 0. The molecule has 0 amide bonds. The van der Waals surface area contributed by atoms with Crippen molar-refractivity contribution in [1.29, 1.82) is 0 Å². The number of rotatable bonds is 7. The number of nitrogens with zero attached hydrogens (tertiary/aromatic N) is 3. The van der Waals surface area contributed by atoms with Gasteiger partial charge in [-0.1, -0.05) is 48.5 Å². The van der Waals surface area contributed by atoms with E-state index in [0.717, 1.165) is 50.2 Å². The molecule has 2 aliphatic carbocycles. The molecule has 4 aromatic rings. The molecule has 0 spiro atoms. The van der Waals surface area contributed by atoms with Gasteiger partial charge in [-0.15, -0.1) is 0 Å². The Kier molecular flexibility index (Phi) is 7.45. The van der Waals surface area contributed by atoms with Gasteiger partial charge in [0.05, 0.1) is 12.2 Å². The molecule has 2 atom stereocenters. The minimum absolute atomic E-state index is 0.0162. The summed E-state index contributed by atoms with van der Waals surface area (Å²) in [7, 11) is 0. The highest BCUT2D eigenvalue weighted by molar-refractivity contribution is 5.71. The van der Waals surface area contributed by atoms with Gasteiger partial charge in [0.25, 0.3) is 0 Å². The Bertz CT molecular complexity index is 1460. The van der Waals surface area contributed by atoms with Crippen LogP contribution in [0.3, 0.4) is 0 Å². The first-order chi connectivity index (χ1) is 19.6. The first-order valence-electron chi connectivity index (χ1n) is 14.1. The highest BCUT2D eigenvalue weighted by atomic mass is 16.6. The Labute approximate surface area is 234 Å². The van der Waals surface area contributed by atoms with Gasteiger partial charge < -0.3 is 14.6 Å². The zero-order valence-corrected chi connectivity index (χ0v) is 22.7. The average Bonchev–Trinajstić information content (AvgIpc) is 2.99. The molecule has 2 aliphatic rings. The van der Waals surface area contributed by atoms with Gasteiger partial charge >= 0.3 is 5.97 Å². The molecule has 0 saturated heterocycles. The second-order valence-electron chi connectivity index (χ2n) is 10.4. The van der Waals surface area contributed by atoms with E-state index in [0.29, 0.717) is 17.1 Å². The number of fused-ring (bicyclic) bond motifs is 2. The van der Waals surface area contributed by atoms with E-state index >= 15 is 0 Å². The molecule has 0 bridgehead atoms. The molecule has 1 aromatic heterocycles. The zero-order valence-electron chi connectivity index (χ0n) is 22.7. The highest BCUT2D eigenvalue weighted by Gasteiger charge is 2.29. The molecule has 1 N–H and O–H groups in total. The van der Waals surface area contributed by atoms with Crippen LogP contribution in [-0.4, -0.2) is 39.2 Å². The first kappa shape index (κ1) is 26.0. The van der Waals surface area contributed by atoms with Gasteiger partial charge in [0, 0.05) is 17.9 Å². The fourth-order valence-corrected chi connectivity index (χ4v) is 6.02. The summed E-state index contributed by atoms with van der Waals surface area (Å²) in [4.78, 5) is 26.8. The predicted molar refractivity (Wildman–Crippen MR) is 152 cm³/mol. The van der Waals surface area contributed by atoms with Gasteiger partial charge in [0.15, 0.2) is 12.4 Å². The number of aryl methyl sites for hydroxylation is 2. The molecule has 2 unspecified atom stereocenters. The molecule has 40 heavy (non-hydrogen) atoms. The summed E-state index contributed by atoms with van der Waals surface area (Å²) in [6.45, 7) is 1.80. The van der Waals surface area contributed by atoms with Crippen LogP contribution in [0, 0.1) is 0 Å². The van der Waals surface area contributed by atoms with Crippen LogP contribution in [0.1, 0.15) is 78.3 Å². The average molecular weight is 536 g/mol. The fourth-order valence-electron chi connectivity index (χ4n) is 6.02. The third kappa shape index (κ3) is 5.28. The van der Waals surface area contributed by atoms with Gasteiger partial charge in [0.1, 0.15) is 23.1 Å². The normalized spacial score (nSPS) is 17.9. The topological polar surface area (TPSA) is 94.4 Å². The van der Waals surface area contributed by atoms with Gasteiger partial charge in [-0.25, -0.2) is 19.7 Å². The van der Waals surface area contributed by atoms with Gasteiger partial charge in [0.2, 0.25) is 0 Å². The lowest BCUT2D eigenvalue weighted by Crippen LogP contribution is -2.19. The number of aromatic hydroxyl groups is 1. The van der Waals surface area contributed by atoms with Crippen molar-refractivity contribution in [2.45, 2.75) is 57.3 Å². The minimum atomic E-state index is -0.460. The summed E-state index contributed by atoms with van der Waals surface area (Å²) < 4.78 is 10.4. The third-order valence-corrected chi connectivity index (χ3v) is 7.90. The molecule has 7 heteroatoms. The largest absolute Gasteiger partial charge is 0.507 e. The molecule has 0 aliphatic heterocycles. The van der Waals surface area contributed by atoms with E-state index < -0.39 is 5.97 Å². The van der Waals surface area contributed by atoms with Crippen molar-refractivity contribution >= 4 is 5.97 Å². The molecule has 204 valence electrons. The number of hydrogen-bond donors (Lipinski definition) is 1. The van der Waals surface area contributed by atoms with E-state index in [1.807, 2.05) is 0 Å². The SMILES string of the molecule is CCOC(=O)COc1ccc(-c2nc(C3CCCc4ccccc43)nc(C3CCCc4ccccc43)n2)c(O)c1. The fraction of sp³-hybridized carbons (Fsp3) is 0.333. The summed E-state index contributed by atoms with van der Waals surface area (Å²) in [5.41, 5.74) is 5.73. The molecule has 6 rings (SSSR count). The first-order valence-corrected chi connectivity index (χ1v) is 14.1. The maximum absolute atomic E-state index is 11.7. The number of phenols is 1. The molecule has 0 fully saturated rings. The lowest BCUT2D eigenvalue weighted by atomic mass is 9.81. The molecule has 1 heterocycles. The summed E-state index contributed by atoms with van der Waals surface area (Å²) in [6, 6.07) is 22.1. The van der Waals surface area contributed by atoms with Crippen LogP contribution < -0.4 is 4.74 Å². The van der Waals surface area contributed by atoms with E-state index in [1.165, 1.54) is 28.3 Å². The van der Waals surface area contributed by atoms with Gasteiger partial charge in [-0.2, -0.15) is 0 Å².